The van der Waals surface area contributed by atoms with Gasteiger partial charge < -0.3 is 18.7 Å². The van der Waals surface area contributed by atoms with Gasteiger partial charge in [-0.05, 0) is 35.9 Å². The van der Waals surface area contributed by atoms with Gasteiger partial charge in [0.1, 0.15) is 17.1 Å². The molecule has 0 amide bonds. The fraction of sp³-hybridized carbons (Fsp3) is 0.125. The highest BCUT2D eigenvalue weighted by Gasteiger charge is 2.28. The molecule has 162 valence electrons. The molecule has 0 spiro atoms. The number of halogens is 2. The van der Waals surface area contributed by atoms with Crippen molar-refractivity contribution in [1.82, 2.24) is 19.5 Å². The van der Waals surface area contributed by atoms with Gasteiger partial charge in [-0.25, -0.2) is 19.2 Å². The summed E-state index contributed by atoms with van der Waals surface area (Å²) in [5, 5.41) is 2.49. The highest BCUT2D eigenvalue weighted by molar-refractivity contribution is 6.32. The average Bonchev–Trinajstić information content (AvgIpc) is 3.52. The van der Waals surface area contributed by atoms with Crippen molar-refractivity contribution in [1.29, 1.82) is 0 Å². The topological polar surface area (TPSA) is 85.9 Å². The molecule has 1 aliphatic heterocycles. The fourth-order valence-electron chi connectivity index (χ4n) is 4.86. The van der Waals surface area contributed by atoms with Gasteiger partial charge in [0.2, 0.25) is 5.71 Å². The highest BCUT2D eigenvalue weighted by atomic mass is 35.5. The lowest BCUT2D eigenvalue weighted by Crippen LogP contribution is -2.09. The summed E-state index contributed by atoms with van der Waals surface area (Å²) in [6.45, 7) is 0.605. The van der Waals surface area contributed by atoms with Crippen LogP contribution in [0.1, 0.15) is 11.1 Å². The molecule has 1 N–H and O–H groups in total. The molecule has 0 bridgehead atoms. The minimum atomic E-state index is -0.559. The molecule has 0 radical (unpaired) electrons. The number of aromatic nitrogens is 4. The standard InChI is InChI=1S/C24H14ClFN4O3/c25-14-7-17-16(28-10-29-17)6-11(14)9-30-18-8-15(26)12-3-5-32-22(12)20(18)19-13-2-1-4-27-23(13)33-24(31)21(19)30/h1-2,4,6-8,10H,3,5,9H2,(H,28,29). The zero-order valence-corrected chi connectivity index (χ0v) is 17.7. The fourth-order valence-corrected chi connectivity index (χ4v) is 5.08. The van der Waals surface area contributed by atoms with Crippen LogP contribution in [0.5, 0.6) is 5.75 Å². The lowest BCUT2D eigenvalue weighted by molar-refractivity contribution is 0.360. The summed E-state index contributed by atoms with van der Waals surface area (Å²) in [5.41, 5.74) is 3.31. The number of H-pyrrole nitrogens is 1. The summed E-state index contributed by atoms with van der Waals surface area (Å²) in [4.78, 5) is 24.8. The van der Waals surface area contributed by atoms with Crippen LogP contribution in [-0.4, -0.2) is 26.1 Å². The third-order valence-electron chi connectivity index (χ3n) is 6.30. The Kier molecular flexibility index (Phi) is 3.70. The molecule has 0 aliphatic carbocycles. The number of aromatic amines is 1. The summed E-state index contributed by atoms with van der Waals surface area (Å²) < 4.78 is 28.3. The van der Waals surface area contributed by atoms with Crippen LogP contribution < -0.4 is 10.4 Å². The Morgan fingerprint density at radius 1 is 1.21 bits per heavy atom. The van der Waals surface area contributed by atoms with Crippen molar-refractivity contribution in [2.45, 2.75) is 13.0 Å². The highest BCUT2D eigenvalue weighted by Crippen LogP contribution is 2.43. The molecule has 0 unspecified atom stereocenters. The van der Waals surface area contributed by atoms with Crippen LogP contribution in [0, 0.1) is 5.82 Å². The van der Waals surface area contributed by atoms with Gasteiger partial charge in [-0.15, -0.1) is 0 Å². The van der Waals surface area contributed by atoms with E-state index in [-0.39, 0.29) is 18.1 Å². The molecule has 7 rings (SSSR count). The maximum Gasteiger partial charge on any atom is 0.362 e. The molecule has 6 aromatic rings. The maximum absolute atomic E-state index is 15.1. The number of ether oxygens (including phenoxy) is 1. The first-order valence-electron chi connectivity index (χ1n) is 10.4. The number of fused-ring (bicyclic) bond motifs is 8. The molecule has 9 heteroatoms. The lowest BCUT2D eigenvalue weighted by Gasteiger charge is -2.10. The summed E-state index contributed by atoms with van der Waals surface area (Å²) in [6.07, 6.45) is 3.63. The van der Waals surface area contributed by atoms with E-state index >= 15 is 4.39 Å². The lowest BCUT2D eigenvalue weighted by atomic mass is 10.1. The summed E-state index contributed by atoms with van der Waals surface area (Å²) >= 11 is 6.57. The predicted molar refractivity (Wildman–Crippen MR) is 123 cm³/mol. The molecule has 4 aromatic heterocycles. The molecular weight excluding hydrogens is 447 g/mol. The summed E-state index contributed by atoms with van der Waals surface area (Å²) in [6, 6.07) is 8.72. The Hall–Kier alpha value is -3.91. The predicted octanol–water partition coefficient (Wildman–Crippen LogP) is 4.95. The van der Waals surface area contributed by atoms with Crippen molar-refractivity contribution >= 4 is 55.5 Å². The van der Waals surface area contributed by atoms with Gasteiger partial charge >= 0.3 is 5.63 Å². The van der Waals surface area contributed by atoms with Crippen LogP contribution in [0.4, 0.5) is 4.39 Å². The van der Waals surface area contributed by atoms with Gasteiger partial charge in [0.25, 0.3) is 0 Å². The van der Waals surface area contributed by atoms with Gasteiger partial charge in [-0.2, -0.15) is 0 Å². The molecular formula is C24H14ClFN4O3. The number of imidazole rings is 1. The summed E-state index contributed by atoms with van der Waals surface area (Å²) in [7, 11) is 0. The van der Waals surface area contributed by atoms with E-state index in [2.05, 4.69) is 15.0 Å². The van der Waals surface area contributed by atoms with Crippen molar-refractivity contribution < 1.29 is 13.5 Å². The summed E-state index contributed by atoms with van der Waals surface area (Å²) in [5.74, 6) is 0.109. The minimum absolute atomic E-state index is 0.219. The smallest absolute Gasteiger partial charge is 0.362 e. The molecule has 1 aliphatic rings. The van der Waals surface area contributed by atoms with E-state index in [1.807, 2.05) is 12.1 Å². The zero-order valence-electron chi connectivity index (χ0n) is 17.0. The quantitative estimate of drug-likeness (QED) is 0.395. The van der Waals surface area contributed by atoms with Gasteiger partial charge in [-0.3, -0.25) is 0 Å². The molecule has 5 heterocycles. The Labute approximate surface area is 189 Å². The first kappa shape index (κ1) is 18.6. The molecule has 0 saturated heterocycles. The zero-order chi connectivity index (χ0) is 22.3. The second kappa shape index (κ2) is 6.55. The first-order chi connectivity index (χ1) is 16.1. The molecule has 0 atom stereocenters. The van der Waals surface area contributed by atoms with E-state index in [0.717, 1.165) is 16.6 Å². The van der Waals surface area contributed by atoms with Gasteiger partial charge in [-0.1, -0.05) is 11.6 Å². The molecule has 0 saturated carbocycles. The van der Waals surface area contributed by atoms with Crippen molar-refractivity contribution in [2.75, 3.05) is 6.61 Å². The average molecular weight is 461 g/mol. The number of hydrogen-bond donors (Lipinski definition) is 1. The van der Waals surface area contributed by atoms with Crippen LogP contribution in [0.15, 0.2) is 52.1 Å². The van der Waals surface area contributed by atoms with Crippen LogP contribution in [-0.2, 0) is 13.0 Å². The molecule has 2 aromatic carbocycles. The normalized spacial score (nSPS) is 13.4. The van der Waals surface area contributed by atoms with Crippen molar-refractivity contribution in [3.8, 4) is 5.75 Å². The second-order valence-electron chi connectivity index (χ2n) is 8.08. The SMILES string of the molecule is O=c1oc2ncccc2c2c3c4c(c(F)cc3n(Cc3cc5nc[nH]c5cc3Cl)c12)CCO4. The van der Waals surface area contributed by atoms with Crippen molar-refractivity contribution in [2.24, 2.45) is 0 Å². The van der Waals surface area contributed by atoms with Gasteiger partial charge in [0.05, 0.1) is 34.9 Å². The number of rotatable bonds is 2. The van der Waals surface area contributed by atoms with Gasteiger partial charge in [0.15, 0.2) is 0 Å². The largest absolute Gasteiger partial charge is 0.492 e. The van der Waals surface area contributed by atoms with Crippen LogP contribution in [0.2, 0.25) is 5.02 Å². The van der Waals surface area contributed by atoms with E-state index in [1.54, 1.807) is 29.2 Å². The molecule has 33 heavy (non-hydrogen) atoms. The van der Waals surface area contributed by atoms with E-state index in [4.69, 9.17) is 20.8 Å². The van der Waals surface area contributed by atoms with Gasteiger partial charge in [0, 0.05) is 40.5 Å². The van der Waals surface area contributed by atoms with E-state index < -0.39 is 5.63 Å². The Balaban J connectivity index is 1.64. The molecule has 7 nitrogen and oxygen atoms in total. The monoisotopic (exact) mass is 460 g/mol. The molecule has 0 fully saturated rings. The first-order valence-corrected chi connectivity index (χ1v) is 10.8. The maximum atomic E-state index is 15.1. The third-order valence-corrected chi connectivity index (χ3v) is 6.65. The van der Waals surface area contributed by atoms with Crippen molar-refractivity contribution in [3.63, 3.8) is 0 Å². The van der Waals surface area contributed by atoms with E-state index in [9.17, 15) is 4.79 Å². The Morgan fingerprint density at radius 3 is 3.03 bits per heavy atom. The number of benzene rings is 2. The second-order valence-corrected chi connectivity index (χ2v) is 8.48. The van der Waals surface area contributed by atoms with E-state index in [1.165, 1.54) is 6.07 Å². The van der Waals surface area contributed by atoms with Crippen LogP contribution >= 0.6 is 11.6 Å². The Bertz CT molecular complexity index is 1840. The van der Waals surface area contributed by atoms with Crippen LogP contribution in [0.25, 0.3) is 43.9 Å². The van der Waals surface area contributed by atoms with E-state index in [0.29, 0.717) is 56.6 Å². The number of nitrogens with zero attached hydrogens (tertiary/aromatic N) is 3. The number of pyridine rings is 1. The third kappa shape index (κ3) is 2.52. The number of nitrogens with one attached hydrogen (secondary N) is 1. The van der Waals surface area contributed by atoms with Crippen molar-refractivity contribution in [3.05, 3.63) is 75.2 Å². The minimum Gasteiger partial charge on any atom is -0.492 e. The Morgan fingerprint density at radius 2 is 2.12 bits per heavy atom. The van der Waals surface area contributed by atoms with Crippen LogP contribution in [0.3, 0.4) is 0 Å². The number of hydrogen-bond acceptors (Lipinski definition) is 5.